The van der Waals surface area contributed by atoms with Gasteiger partial charge in [0, 0.05) is 12.6 Å². The van der Waals surface area contributed by atoms with E-state index in [0.29, 0.717) is 6.42 Å². The molecule has 0 aliphatic rings. The smallest absolute Gasteiger partial charge is 0.149 e. The van der Waals surface area contributed by atoms with Crippen molar-refractivity contribution >= 4 is 5.69 Å². The second kappa shape index (κ2) is 4.91. The summed E-state index contributed by atoms with van der Waals surface area (Å²) in [6.45, 7) is 2.09. The number of rotatable bonds is 4. The Morgan fingerprint density at radius 2 is 2.14 bits per heavy atom. The van der Waals surface area contributed by atoms with Crippen LogP contribution in [0.2, 0.25) is 0 Å². The van der Waals surface area contributed by atoms with Crippen molar-refractivity contribution in [3.63, 3.8) is 0 Å². The number of anilines is 1. The highest BCUT2D eigenvalue weighted by atomic mass is 19.1. The van der Waals surface area contributed by atoms with E-state index in [1.54, 1.807) is 0 Å². The molecule has 2 nitrogen and oxygen atoms in total. The van der Waals surface area contributed by atoms with Gasteiger partial charge in [-0.05, 0) is 18.6 Å². The summed E-state index contributed by atoms with van der Waals surface area (Å²) in [6, 6.07) is 3.29. The van der Waals surface area contributed by atoms with Crippen molar-refractivity contribution in [2.75, 3.05) is 11.9 Å². The van der Waals surface area contributed by atoms with Crippen LogP contribution in [0.5, 0.6) is 0 Å². The van der Waals surface area contributed by atoms with Crippen LogP contribution in [0.1, 0.15) is 13.3 Å². The molecule has 0 amide bonds. The highest BCUT2D eigenvalue weighted by Crippen LogP contribution is 2.14. The van der Waals surface area contributed by atoms with Crippen LogP contribution in [-0.4, -0.2) is 17.8 Å². The molecule has 2 N–H and O–H groups in total. The highest BCUT2D eigenvalue weighted by molar-refractivity contribution is 5.44. The number of nitrogens with one attached hydrogen (secondary N) is 1. The van der Waals surface area contributed by atoms with Crippen molar-refractivity contribution in [3.05, 3.63) is 29.8 Å². The van der Waals surface area contributed by atoms with E-state index < -0.39 is 17.7 Å². The molecule has 0 saturated heterocycles. The summed E-state index contributed by atoms with van der Waals surface area (Å²) in [7, 11) is 0. The molecule has 1 aromatic rings. The van der Waals surface area contributed by atoms with Gasteiger partial charge in [0.1, 0.15) is 11.6 Å². The highest BCUT2D eigenvalue weighted by Gasteiger charge is 2.05. The lowest BCUT2D eigenvalue weighted by Crippen LogP contribution is -2.18. The van der Waals surface area contributed by atoms with Crippen LogP contribution in [0.4, 0.5) is 14.5 Å². The van der Waals surface area contributed by atoms with E-state index in [1.165, 1.54) is 12.1 Å². The first-order chi connectivity index (χ1) is 6.63. The van der Waals surface area contributed by atoms with E-state index in [-0.39, 0.29) is 12.2 Å². The summed E-state index contributed by atoms with van der Waals surface area (Å²) in [5.74, 6) is -1.25. The lowest BCUT2D eigenvalue weighted by atomic mass is 10.2. The fourth-order valence-corrected chi connectivity index (χ4v) is 1.00. The minimum Gasteiger partial charge on any atom is -0.391 e. The van der Waals surface area contributed by atoms with E-state index >= 15 is 0 Å². The summed E-state index contributed by atoms with van der Waals surface area (Å²) in [4.78, 5) is 0. The molecule has 1 aromatic carbocycles. The van der Waals surface area contributed by atoms with Crippen LogP contribution in [0.25, 0.3) is 0 Å². The van der Waals surface area contributed by atoms with Crippen LogP contribution >= 0.6 is 0 Å². The zero-order valence-electron chi connectivity index (χ0n) is 7.93. The molecule has 14 heavy (non-hydrogen) atoms. The quantitative estimate of drug-likeness (QED) is 0.782. The van der Waals surface area contributed by atoms with E-state index in [1.807, 2.05) is 6.92 Å². The largest absolute Gasteiger partial charge is 0.391 e. The predicted molar refractivity (Wildman–Crippen MR) is 51.1 cm³/mol. The number of hydrogen-bond acceptors (Lipinski definition) is 2. The van der Waals surface area contributed by atoms with Crippen LogP contribution < -0.4 is 5.32 Å². The Bertz CT molecular complexity index is 304. The van der Waals surface area contributed by atoms with E-state index in [2.05, 4.69) is 5.32 Å². The van der Waals surface area contributed by atoms with Crippen LogP contribution in [0, 0.1) is 11.6 Å². The molecule has 0 bridgehead atoms. The molecule has 0 radical (unpaired) electrons. The molecule has 0 aromatic heterocycles. The molecule has 0 aliphatic heterocycles. The fraction of sp³-hybridized carbons (Fsp3) is 0.400. The summed E-state index contributed by atoms with van der Waals surface area (Å²) >= 11 is 0. The number of hydrogen-bond donors (Lipinski definition) is 2. The number of aliphatic hydroxyl groups is 1. The van der Waals surface area contributed by atoms with Gasteiger partial charge < -0.3 is 10.4 Å². The first-order valence-corrected chi connectivity index (χ1v) is 4.50. The molecular weight excluding hydrogens is 188 g/mol. The summed E-state index contributed by atoms with van der Waals surface area (Å²) in [5.41, 5.74) is 0.207. The van der Waals surface area contributed by atoms with Gasteiger partial charge in [0.2, 0.25) is 0 Å². The van der Waals surface area contributed by atoms with Crippen LogP contribution in [-0.2, 0) is 0 Å². The van der Waals surface area contributed by atoms with E-state index in [4.69, 9.17) is 0 Å². The second-order valence-electron chi connectivity index (χ2n) is 3.07. The summed E-state index contributed by atoms with van der Waals surface area (Å²) in [5, 5.41) is 11.9. The number of benzene rings is 1. The lowest BCUT2D eigenvalue weighted by Gasteiger charge is -2.11. The second-order valence-corrected chi connectivity index (χ2v) is 3.07. The van der Waals surface area contributed by atoms with E-state index in [9.17, 15) is 13.9 Å². The van der Waals surface area contributed by atoms with Crippen molar-refractivity contribution in [2.24, 2.45) is 0 Å². The normalized spacial score (nSPS) is 12.6. The van der Waals surface area contributed by atoms with Crippen molar-refractivity contribution in [3.8, 4) is 0 Å². The van der Waals surface area contributed by atoms with Gasteiger partial charge in [0.15, 0.2) is 0 Å². The third-order valence-corrected chi connectivity index (χ3v) is 1.93. The topological polar surface area (TPSA) is 32.3 Å². The average molecular weight is 201 g/mol. The van der Waals surface area contributed by atoms with Gasteiger partial charge in [0.05, 0.1) is 11.8 Å². The molecule has 0 aliphatic carbocycles. The van der Waals surface area contributed by atoms with Crippen molar-refractivity contribution in [1.29, 1.82) is 0 Å². The Kier molecular flexibility index (Phi) is 3.83. The SMILES string of the molecule is CCC(O)CNc1ccc(F)cc1F. The molecule has 1 atom stereocenters. The molecular formula is C10H13F2NO. The maximum Gasteiger partial charge on any atom is 0.149 e. The summed E-state index contributed by atoms with van der Waals surface area (Å²) < 4.78 is 25.5. The van der Waals surface area contributed by atoms with Gasteiger partial charge >= 0.3 is 0 Å². The fourth-order valence-electron chi connectivity index (χ4n) is 1.00. The van der Waals surface area contributed by atoms with Crippen molar-refractivity contribution in [2.45, 2.75) is 19.4 Å². The minimum absolute atomic E-state index is 0.207. The maximum atomic E-state index is 13.0. The standard InChI is InChI=1S/C10H13F2NO/c1-2-8(14)6-13-10-4-3-7(11)5-9(10)12/h3-5,8,13-14H,2,6H2,1H3. The number of halogens is 2. The monoisotopic (exact) mass is 201 g/mol. The zero-order chi connectivity index (χ0) is 10.6. The predicted octanol–water partition coefficient (Wildman–Crippen LogP) is 2.15. The first kappa shape index (κ1) is 10.9. The third kappa shape index (κ3) is 2.96. The van der Waals surface area contributed by atoms with Crippen LogP contribution in [0.15, 0.2) is 18.2 Å². The third-order valence-electron chi connectivity index (χ3n) is 1.93. The molecule has 0 saturated carbocycles. The van der Waals surface area contributed by atoms with Gasteiger partial charge in [-0.1, -0.05) is 6.92 Å². The van der Waals surface area contributed by atoms with Gasteiger partial charge in [0.25, 0.3) is 0 Å². The molecule has 0 heterocycles. The van der Waals surface area contributed by atoms with Gasteiger partial charge in [-0.25, -0.2) is 8.78 Å². The maximum absolute atomic E-state index is 13.0. The van der Waals surface area contributed by atoms with Gasteiger partial charge in [-0.3, -0.25) is 0 Å². The Morgan fingerprint density at radius 1 is 1.43 bits per heavy atom. The van der Waals surface area contributed by atoms with Crippen molar-refractivity contribution in [1.82, 2.24) is 0 Å². The molecule has 4 heteroatoms. The molecule has 1 unspecified atom stereocenters. The Labute approximate surface area is 81.6 Å². The molecule has 78 valence electrons. The molecule has 0 spiro atoms. The minimum atomic E-state index is -0.645. The van der Waals surface area contributed by atoms with Crippen LogP contribution in [0.3, 0.4) is 0 Å². The van der Waals surface area contributed by atoms with Crippen molar-refractivity contribution < 1.29 is 13.9 Å². The Morgan fingerprint density at radius 3 is 2.71 bits per heavy atom. The molecule has 1 rings (SSSR count). The first-order valence-electron chi connectivity index (χ1n) is 4.50. The Hall–Kier alpha value is -1.16. The summed E-state index contributed by atoms with van der Waals surface area (Å²) in [6.07, 6.45) is 0.0787. The van der Waals surface area contributed by atoms with E-state index in [0.717, 1.165) is 6.07 Å². The molecule has 0 fully saturated rings. The Balaban J connectivity index is 2.59. The van der Waals surface area contributed by atoms with Gasteiger partial charge in [-0.15, -0.1) is 0 Å². The van der Waals surface area contributed by atoms with Gasteiger partial charge in [-0.2, -0.15) is 0 Å². The lowest BCUT2D eigenvalue weighted by molar-refractivity contribution is 0.183. The zero-order valence-corrected chi connectivity index (χ0v) is 7.93. The number of aliphatic hydroxyl groups excluding tert-OH is 1. The average Bonchev–Trinajstić information content (AvgIpc) is 2.16.